The Balaban J connectivity index is 2.66. The molecular formula is C12H15ClN2. The molecule has 1 aromatic carbocycles. The third-order valence-corrected chi connectivity index (χ3v) is 2.65. The third-order valence-electron chi connectivity index (χ3n) is 2.30. The fraction of sp³-hybridized carbons (Fsp3) is 0.417. The van der Waals surface area contributed by atoms with E-state index < -0.39 is 0 Å². The Morgan fingerprint density at radius 1 is 1.40 bits per heavy atom. The number of nitrogens with zero attached hydrogens (tertiary/aromatic N) is 1. The Morgan fingerprint density at radius 2 is 2.07 bits per heavy atom. The molecule has 1 aromatic rings. The van der Waals surface area contributed by atoms with E-state index in [1.807, 2.05) is 31.2 Å². The number of hydrogen-bond donors (Lipinski definition) is 1. The van der Waals surface area contributed by atoms with E-state index in [9.17, 15) is 0 Å². The van der Waals surface area contributed by atoms with Gasteiger partial charge in [0.25, 0.3) is 0 Å². The molecule has 0 bridgehead atoms. The molecule has 1 N–H and O–H groups in total. The zero-order valence-corrected chi connectivity index (χ0v) is 9.75. The molecule has 0 saturated heterocycles. The lowest BCUT2D eigenvalue weighted by Crippen LogP contribution is -2.28. The van der Waals surface area contributed by atoms with Crippen LogP contribution >= 0.6 is 11.6 Å². The first-order valence-corrected chi connectivity index (χ1v) is 5.40. The molecule has 1 rings (SSSR count). The van der Waals surface area contributed by atoms with E-state index in [1.165, 1.54) is 0 Å². The predicted molar refractivity (Wildman–Crippen MR) is 62.7 cm³/mol. The van der Waals surface area contributed by atoms with Gasteiger partial charge in [-0.25, -0.2) is 0 Å². The van der Waals surface area contributed by atoms with Gasteiger partial charge in [-0.3, -0.25) is 0 Å². The molecule has 0 heterocycles. The molecule has 80 valence electrons. The van der Waals surface area contributed by atoms with Crippen LogP contribution in [0.2, 0.25) is 5.02 Å². The Kier molecular flexibility index (Phi) is 4.61. The number of rotatable bonds is 4. The maximum atomic E-state index is 8.56. The zero-order chi connectivity index (χ0) is 11.3. The number of benzene rings is 1. The van der Waals surface area contributed by atoms with E-state index in [-0.39, 0.29) is 12.1 Å². The van der Waals surface area contributed by atoms with Crippen LogP contribution in [0.4, 0.5) is 0 Å². The molecule has 0 aromatic heterocycles. The predicted octanol–water partition coefficient (Wildman–Crippen LogP) is 3.29. The lowest BCUT2D eigenvalue weighted by molar-refractivity contribution is 0.485. The maximum absolute atomic E-state index is 8.56. The van der Waals surface area contributed by atoms with Gasteiger partial charge in [-0.1, -0.05) is 29.8 Å². The second-order valence-electron chi connectivity index (χ2n) is 3.67. The van der Waals surface area contributed by atoms with E-state index in [2.05, 4.69) is 18.3 Å². The Bertz CT molecular complexity index is 357. The molecule has 0 aliphatic carbocycles. The van der Waals surface area contributed by atoms with Crippen molar-refractivity contribution < 1.29 is 0 Å². The first kappa shape index (κ1) is 12.0. The monoisotopic (exact) mass is 222 g/mol. The fourth-order valence-corrected chi connectivity index (χ4v) is 1.84. The second kappa shape index (κ2) is 5.75. The number of hydrogen-bond acceptors (Lipinski definition) is 2. The zero-order valence-electron chi connectivity index (χ0n) is 9.00. The average molecular weight is 223 g/mol. The summed E-state index contributed by atoms with van der Waals surface area (Å²) in [5, 5.41) is 12.7. The maximum Gasteiger partial charge on any atom is 0.0638 e. The van der Waals surface area contributed by atoms with Gasteiger partial charge < -0.3 is 5.32 Å². The Hall–Kier alpha value is -1.04. The topological polar surface area (TPSA) is 35.8 Å². The first-order valence-electron chi connectivity index (χ1n) is 5.02. The van der Waals surface area contributed by atoms with E-state index >= 15 is 0 Å². The molecule has 0 fully saturated rings. The summed E-state index contributed by atoms with van der Waals surface area (Å²) in [6.07, 6.45) is 0.509. The van der Waals surface area contributed by atoms with Crippen molar-refractivity contribution >= 4 is 11.6 Å². The quantitative estimate of drug-likeness (QED) is 0.849. The van der Waals surface area contributed by atoms with Crippen molar-refractivity contribution in [2.45, 2.75) is 32.4 Å². The summed E-state index contributed by atoms with van der Waals surface area (Å²) >= 11 is 6.07. The van der Waals surface area contributed by atoms with Crippen molar-refractivity contribution in [3.8, 4) is 6.07 Å². The summed E-state index contributed by atoms with van der Waals surface area (Å²) in [6.45, 7) is 4.05. The molecule has 2 atom stereocenters. The Labute approximate surface area is 95.9 Å². The summed E-state index contributed by atoms with van der Waals surface area (Å²) in [7, 11) is 0. The second-order valence-corrected chi connectivity index (χ2v) is 4.08. The van der Waals surface area contributed by atoms with Crippen LogP contribution in [-0.2, 0) is 0 Å². The molecular weight excluding hydrogens is 208 g/mol. The van der Waals surface area contributed by atoms with Gasteiger partial charge in [0.1, 0.15) is 0 Å². The minimum atomic E-state index is 0.169. The minimum absolute atomic E-state index is 0.169. The summed E-state index contributed by atoms with van der Waals surface area (Å²) in [6, 6.07) is 10.3. The molecule has 2 nitrogen and oxygen atoms in total. The lowest BCUT2D eigenvalue weighted by atomic mass is 10.1. The number of nitrogens with one attached hydrogen (secondary N) is 1. The van der Waals surface area contributed by atoms with Crippen LogP contribution in [0.15, 0.2) is 24.3 Å². The van der Waals surface area contributed by atoms with Crippen LogP contribution in [0, 0.1) is 11.3 Å². The number of nitriles is 1. The fourth-order valence-electron chi connectivity index (χ4n) is 1.54. The molecule has 0 amide bonds. The van der Waals surface area contributed by atoms with Crippen molar-refractivity contribution in [3.63, 3.8) is 0 Å². The van der Waals surface area contributed by atoms with Crippen molar-refractivity contribution in [1.29, 1.82) is 5.26 Å². The summed E-state index contributed by atoms with van der Waals surface area (Å²) in [5.74, 6) is 0. The summed E-state index contributed by atoms with van der Waals surface area (Å²) in [4.78, 5) is 0. The molecule has 0 saturated carbocycles. The van der Waals surface area contributed by atoms with Crippen LogP contribution < -0.4 is 5.32 Å². The molecule has 3 heteroatoms. The molecule has 0 aliphatic heterocycles. The first-order chi connectivity index (χ1) is 7.15. The van der Waals surface area contributed by atoms with Crippen LogP contribution in [0.3, 0.4) is 0 Å². The van der Waals surface area contributed by atoms with Crippen molar-refractivity contribution in [2.75, 3.05) is 0 Å². The number of halogens is 1. The van der Waals surface area contributed by atoms with Gasteiger partial charge in [0, 0.05) is 17.1 Å². The van der Waals surface area contributed by atoms with Gasteiger partial charge in [-0.15, -0.1) is 0 Å². The molecule has 1 unspecified atom stereocenters. The van der Waals surface area contributed by atoms with Gasteiger partial charge in [0.15, 0.2) is 0 Å². The highest BCUT2D eigenvalue weighted by molar-refractivity contribution is 6.31. The summed E-state index contributed by atoms with van der Waals surface area (Å²) in [5.41, 5.74) is 1.07. The molecule has 15 heavy (non-hydrogen) atoms. The van der Waals surface area contributed by atoms with E-state index in [0.717, 1.165) is 10.6 Å². The highest BCUT2D eigenvalue weighted by Gasteiger charge is 2.11. The highest BCUT2D eigenvalue weighted by Crippen LogP contribution is 2.22. The van der Waals surface area contributed by atoms with Gasteiger partial charge in [-0.2, -0.15) is 5.26 Å². The minimum Gasteiger partial charge on any atom is -0.307 e. The van der Waals surface area contributed by atoms with Crippen molar-refractivity contribution in [3.05, 3.63) is 34.9 Å². The van der Waals surface area contributed by atoms with E-state index in [4.69, 9.17) is 16.9 Å². The Morgan fingerprint density at radius 3 is 2.67 bits per heavy atom. The van der Waals surface area contributed by atoms with Crippen LogP contribution in [-0.4, -0.2) is 6.04 Å². The summed E-state index contributed by atoms with van der Waals surface area (Å²) < 4.78 is 0. The van der Waals surface area contributed by atoms with Gasteiger partial charge in [0.05, 0.1) is 12.5 Å². The normalized spacial score (nSPS) is 14.3. The van der Waals surface area contributed by atoms with Crippen LogP contribution in [0.25, 0.3) is 0 Å². The smallest absolute Gasteiger partial charge is 0.0638 e. The van der Waals surface area contributed by atoms with Gasteiger partial charge >= 0.3 is 0 Å². The molecule has 0 radical (unpaired) electrons. The van der Waals surface area contributed by atoms with E-state index in [1.54, 1.807) is 0 Å². The van der Waals surface area contributed by atoms with Gasteiger partial charge in [-0.05, 0) is 25.5 Å². The van der Waals surface area contributed by atoms with Gasteiger partial charge in [0.2, 0.25) is 0 Å². The van der Waals surface area contributed by atoms with Crippen LogP contribution in [0.5, 0.6) is 0 Å². The standard InChI is InChI=1S/C12H15ClN2/c1-9(7-8-14)15-10(2)11-5-3-4-6-12(11)13/h3-6,9-10,15H,7H2,1-2H3/t9?,10-/m1/s1. The van der Waals surface area contributed by atoms with Crippen molar-refractivity contribution in [1.82, 2.24) is 5.32 Å². The third kappa shape index (κ3) is 3.54. The van der Waals surface area contributed by atoms with E-state index in [0.29, 0.717) is 6.42 Å². The molecule has 0 spiro atoms. The SMILES string of the molecule is CC(CC#N)N[C@H](C)c1ccccc1Cl. The average Bonchev–Trinajstić information content (AvgIpc) is 2.18. The largest absolute Gasteiger partial charge is 0.307 e. The van der Waals surface area contributed by atoms with Crippen molar-refractivity contribution in [2.24, 2.45) is 0 Å². The van der Waals surface area contributed by atoms with Crippen LogP contribution in [0.1, 0.15) is 31.9 Å². The highest BCUT2D eigenvalue weighted by atomic mass is 35.5. The lowest BCUT2D eigenvalue weighted by Gasteiger charge is -2.19. The molecule has 0 aliphatic rings.